The first-order valence-electron chi connectivity index (χ1n) is 7.56. The lowest BCUT2D eigenvalue weighted by atomic mass is 9.86. The van der Waals surface area contributed by atoms with Gasteiger partial charge >= 0.3 is 0 Å². The van der Waals surface area contributed by atoms with Gasteiger partial charge in [0.05, 0.1) is 0 Å². The minimum Gasteiger partial charge on any atom is -0.382 e. The molecule has 10 nitrogen and oxygen atoms in total. The monoisotopic (exact) mass is 415 g/mol. The fourth-order valence-electron chi connectivity index (χ4n) is 3.07. The Bertz CT molecular complexity index is 720. The smallest absolute Gasteiger partial charge is 0.212 e. The number of hydrogen-bond acceptors (Lipinski definition) is 10. The van der Waals surface area contributed by atoms with Crippen LogP contribution in [0.15, 0.2) is 15.0 Å². The van der Waals surface area contributed by atoms with Gasteiger partial charge in [-0.25, -0.2) is 9.98 Å². The molecule has 1 saturated heterocycles. The number of halogens is 1. The lowest BCUT2D eigenvalue weighted by Crippen LogP contribution is -2.52. The molecule has 3 heterocycles. The highest BCUT2D eigenvalue weighted by atomic mass is 79.9. The number of alkyl halides is 1. The average molecular weight is 416 g/mol. The van der Waals surface area contributed by atoms with E-state index in [0.29, 0.717) is 11.5 Å². The molecule has 0 radical (unpaired) electrons. The number of carbonyl (C=O) groups excluding carboxylic acids is 2. The van der Waals surface area contributed by atoms with Crippen molar-refractivity contribution in [3.05, 3.63) is 0 Å². The van der Waals surface area contributed by atoms with Gasteiger partial charge in [-0.3, -0.25) is 20.3 Å². The Morgan fingerprint density at radius 1 is 1.52 bits per heavy atom. The molecule has 0 saturated carbocycles. The number of aliphatic imine (C=N–C) groups is 3. The number of nitrogens with zero attached hydrogens (tertiary/aromatic N) is 4. The van der Waals surface area contributed by atoms with Crippen LogP contribution in [-0.4, -0.2) is 79.8 Å². The van der Waals surface area contributed by atoms with E-state index in [2.05, 4.69) is 30.9 Å². The maximum absolute atomic E-state index is 12.0. The summed E-state index contributed by atoms with van der Waals surface area (Å²) < 4.78 is 4.48. The van der Waals surface area contributed by atoms with Crippen LogP contribution in [0.4, 0.5) is 0 Å². The summed E-state index contributed by atoms with van der Waals surface area (Å²) in [6.45, 7) is 2.48. The number of carbonyl (C=O) groups is 2. The predicted octanol–water partition coefficient (Wildman–Crippen LogP) is -1.47. The van der Waals surface area contributed by atoms with E-state index in [4.69, 9.17) is 10.5 Å². The normalized spacial score (nSPS) is 38.2. The summed E-state index contributed by atoms with van der Waals surface area (Å²) >= 11 is 3.25. The number of ketones is 2. The SMILES string of the molecule is CC(=O)C(O)[C@H]1O[C@@H](N2CN=C3C2=NC=NC3(N)Br)C[C@@]1(O)C(C)=O. The lowest BCUT2D eigenvalue weighted by molar-refractivity contribution is -0.158. The quantitative estimate of drug-likeness (QED) is 0.374. The molecule has 0 aromatic carbocycles. The zero-order valence-corrected chi connectivity index (χ0v) is 15.2. The van der Waals surface area contributed by atoms with E-state index in [-0.39, 0.29) is 13.1 Å². The highest BCUT2D eigenvalue weighted by Crippen LogP contribution is 2.37. The third kappa shape index (κ3) is 2.85. The summed E-state index contributed by atoms with van der Waals surface area (Å²) in [5, 5.41) is 20.8. The zero-order valence-electron chi connectivity index (χ0n) is 13.6. The van der Waals surface area contributed by atoms with Crippen molar-refractivity contribution in [2.45, 2.75) is 48.9 Å². The van der Waals surface area contributed by atoms with Crippen molar-refractivity contribution < 1.29 is 24.5 Å². The molecule has 0 aromatic rings. The topological polar surface area (TPSA) is 150 Å². The zero-order chi connectivity index (χ0) is 18.6. The third-order valence-electron chi connectivity index (χ3n) is 4.54. The summed E-state index contributed by atoms with van der Waals surface area (Å²) in [5.41, 5.74) is 4.39. The Morgan fingerprint density at radius 3 is 2.80 bits per heavy atom. The van der Waals surface area contributed by atoms with Gasteiger partial charge < -0.3 is 19.8 Å². The molecule has 3 aliphatic rings. The fourth-order valence-corrected chi connectivity index (χ4v) is 3.46. The molecule has 5 atom stereocenters. The largest absolute Gasteiger partial charge is 0.382 e. The van der Waals surface area contributed by atoms with E-state index in [1.165, 1.54) is 13.3 Å². The van der Waals surface area contributed by atoms with Crippen LogP contribution in [0.3, 0.4) is 0 Å². The van der Waals surface area contributed by atoms with Crippen molar-refractivity contribution in [3.63, 3.8) is 0 Å². The molecule has 4 N–H and O–H groups in total. The molecule has 0 aliphatic carbocycles. The predicted molar refractivity (Wildman–Crippen MR) is 91.5 cm³/mol. The van der Waals surface area contributed by atoms with Crippen molar-refractivity contribution in [1.29, 1.82) is 0 Å². The van der Waals surface area contributed by atoms with E-state index in [1.54, 1.807) is 4.90 Å². The molecule has 3 rings (SSSR count). The molecule has 0 spiro atoms. The Morgan fingerprint density at radius 2 is 2.20 bits per heavy atom. The van der Waals surface area contributed by atoms with Gasteiger partial charge in [0.1, 0.15) is 37.2 Å². The van der Waals surface area contributed by atoms with E-state index in [1.807, 2.05) is 0 Å². The van der Waals surface area contributed by atoms with Gasteiger partial charge in [-0.1, -0.05) is 0 Å². The summed E-state index contributed by atoms with van der Waals surface area (Å²) in [5.74, 6) is -0.808. The van der Waals surface area contributed by atoms with Crippen LogP contribution >= 0.6 is 15.9 Å². The van der Waals surface area contributed by atoms with Gasteiger partial charge in [0, 0.05) is 6.42 Å². The summed E-state index contributed by atoms with van der Waals surface area (Å²) in [6.07, 6.45) is -2.68. The number of aliphatic hydroxyl groups is 2. The van der Waals surface area contributed by atoms with E-state index in [0.717, 1.165) is 6.92 Å². The first-order chi connectivity index (χ1) is 11.6. The number of Topliss-reactive ketones (excluding diaryl/α,β-unsaturated/α-hetero) is 2. The van der Waals surface area contributed by atoms with Crippen molar-refractivity contribution in [2.24, 2.45) is 20.7 Å². The molecule has 0 amide bonds. The van der Waals surface area contributed by atoms with Gasteiger partial charge in [-0.05, 0) is 29.8 Å². The van der Waals surface area contributed by atoms with Crippen molar-refractivity contribution in [1.82, 2.24) is 4.90 Å². The molecule has 136 valence electrons. The second-order valence-corrected chi connectivity index (χ2v) is 7.45. The maximum atomic E-state index is 12.0. The van der Waals surface area contributed by atoms with Crippen LogP contribution in [0, 0.1) is 0 Å². The van der Waals surface area contributed by atoms with Crippen LogP contribution in [0.5, 0.6) is 0 Å². The number of nitrogens with two attached hydrogens (primary N) is 1. The van der Waals surface area contributed by atoms with Gasteiger partial charge in [-0.15, -0.1) is 0 Å². The first-order valence-corrected chi connectivity index (χ1v) is 8.36. The number of amidine groups is 1. The van der Waals surface area contributed by atoms with Crippen LogP contribution in [-0.2, 0) is 14.3 Å². The number of aliphatic hydroxyl groups excluding tert-OH is 1. The molecular formula is C14H18BrN5O5. The van der Waals surface area contributed by atoms with Crippen molar-refractivity contribution in [3.8, 4) is 0 Å². The van der Waals surface area contributed by atoms with E-state index in [9.17, 15) is 19.8 Å². The van der Waals surface area contributed by atoms with Crippen LogP contribution in [0.2, 0.25) is 0 Å². The fraction of sp³-hybridized carbons (Fsp3) is 0.643. The second-order valence-electron chi connectivity index (χ2n) is 6.24. The number of ether oxygens (including phenoxy) is 1. The number of hydrogen-bond donors (Lipinski definition) is 3. The minimum absolute atomic E-state index is 0.129. The molecule has 25 heavy (non-hydrogen) atoms. The Hall–Kier alpha value is -1.53. The van der Waals surface area contributed by atoms with Gasteiger partial charge in [0.15, 0.2) is 23.0 Å². The summed E-state index contributed by atoms with van der Waals surface area (Å²) in [6, 6.07) is 0. The molecule has 11 heteroatoms. The van der Waals surface area contributed by atoms with E-state index >= 15 is 0 Å². The Kier molecular flexibility index (Phi) is 4.40. The highest BCUT2D eigenvalue weighted by Gasteiger charge is 2.57. The lowest BCUT2D eigenvalue weighted by Gasteiger charge is -2.29. The molecule has 0 bridgehead atoms. The van der Waals surface area contributed by atoms with Gasteiger partial charge in [0.2, 0.25) is 4.57 Å². The standard InChI is InChI=1S/C14H18BrN5O5/c1-6(21)9(23)11-13(24,7(2)22)3-8(25-11)20-5-18-10-12(20)17-4-19-14(10,15)16/h4,8-9,11,23-24H,3,5,16H2,1-2H3/t8-,9?,11-,13-,14?/m1/s1. The minimum atomic E-state index is -1.99. The van der Waals surface area contributed by atoms with Crippen LogP contribution < -0.4 is 5.73 Å². The van der Waals surface area contributed by atoms with Gasteiger partial charge in [0.25, 0.3) is 0 Å². The third-order valence-corrected chi connectivity index (χ3v) is 5.12. The van der Waals surface area contributed by atoms with Crippen molar-refractivity contribution >= 4 is 45.4 Å². The molecule has 3 aliphatic heterocycles. The molecule has 0 aromatic heterocycles. The second kappa shape index (κ2) is 6.02. The molecular weight excluding hydrogens is 398 g/mol. The van der Waals surface area contributed by atoms with E-state index < -0.39 is 40.2 Å². The van der Waals surface area contributed by atoms with Gasteiger partial charge in [-0.2, -0.15) is 0 Å². The number of fused-ring (bicyclic) bond motifs is 1. The number of rotatable bonds is 4. The molecule has 1 fully saturated rings. The maximum Gasteiger partial charge on any atom is 0.212 e. The first kappa shape index (κ1) is 18.3. The van der Waals surface area contributed by atoms with Crippen LogP contribution in [0.1, 0.15) is 20.3 Å². The Labute approximate surface area is 151 Å². The Balaban J connectivity index is 1.88. The summed E-state index contributed by atoms with van der Waals surface area (Å²) in [4.78, 5) is 37.5. The average Bonchev–Trinajstić information content (AvgIpc) is 3.09. The van der Waals surface area contributed by atoms with Crippen molar-refractivity contribution in [2.75, 3.05) is 6.67 Å². The van der Waals surface area contributed by atoms with Crippen LogP contribution in [0.25, 0.3) is 0 Å². The molecule has 2 unspecified atom stereocenters. The highest BCUT2D eigenvalue weighted by molar-refractivity contribution is 9.10. The summed E-state index contributed by atoms with van der Waals surface area (Å²) in [7, 11) is 0.